The molecular weight excluding hydrogens is 249 g/mol. The number of carbonyl (C=O) groups is 2. The number of carbonyl (C=O) groups excluding carboxylic acids is 2. The first-order valence-corrected chi connectivity index (χ1v) is 4.63. The van der Waals surface area contributed by atoms with Gasteiger partial charge in [-0.05, 0) is 12.1 Å². The third-order valence-corrected chi connectivity index (χ3v) is 2.06. The van der Waals surface area contributed by atoms with E-state index in [4.69, 9.17) is 4.42 Å². The maximum absolute atomic E-state index is 11.6. The monoisotopic (exact) mass is 255 g/mol. The van der Waals surface area contributed by atoms with Gasteiger partial charge >= 0.3 is 29.6 Å². The fourth-order valence-corrected chi connectivity index (χ4v) is 1.33. The minimum Gasteiger partial charge on any atom is -0.540 e. The van der Waals surface area contributed by atoms with Crippen LogP contribution in [0.2, 0.25) is 0 Å². The van der Waals surface area contributed by atoms with E-state index < -0.39 is 11.9 Å². The molecule has 0 bridgehead atoms. The standard InChI is InChI=1S/C11H7NO5.Na/c13-7-5-9(12-10(14)11(15)16)17-8-4-2-1-3-6(7)8;/h1-5H,(H,12,14)(H,15,16);/q;+1/p-1. The van der Waals surface area contributed by atoms with Gasteiger partial charge in [0.25, 0.3) is 5.91 Å². The van der Waals surface area contributed by atoms with Crippen molar-refractivity contribution >= 4 is 28.7 Å². The van der Waals surface area contributed by atoms with Gasteiger partial charge in [-0.3, -0.25) is 14.9 Å². The molecule has 6 nitrogen and oxygen atoms in total. The molecule has 0 unspecified atom stereocenters. The minimum atomic E-state index is -1.90. The maximum Gasteiger partial charge on any atom is 1.00 e. The Balaban J connectivity index is 0.00000162. The van der Waals surface area contributed by atoms with Gasteiger partial charge in [0, 0.05) is 6.07 Å². The van der Waals surface area contributed by atoms with E-state index in [1.54, 1.807) is 18.2 Å². The van der Waals surface area contributed by atoms with Crippen molar-refractivity contribution in [2.45, 2.75) is 0 Å². The van der Waals surface area contributed by atoms with Crippen LogP contribution in [0.25, 0.3) is 11.0 Å². The minimum absolute atomic E-state index is 0. The van der Waals surface area contributed by atoms with Gasteiger partial charge in [0.05, 0.1) is 5.39 Å². The average molecular weight is 255 g/mol. The number of carboxylic acids is 1. The summed E-state index contributed by atoms with van der Waals surface area (Å²) in [7, 11) is 0. The third kappa shape index (κ3) is 2.98. The molecule has 0 atom stereocenters. The molecule has 7 heteroatoms. The molecule has 1 heterocycles. The fraction of sp³-hybridized carbons (Fsp3) is 0. The predicted octanol–water partition coefficient (Wildman–Crippen LogP) is -3.51. The molecule has 0 saturated heterocycles. The number of nitrogens with one attached hydrogen (secondary N) is 1. The van der Waals surface area contributed by atoms with E-state index in [1.165, 1.54) is 6.07 Å². The quantitative estimate of drug-likeness (QED) is 0.421. The molecule has 0 radical (unpaired) electrons. The maximum atomic E-state index is 11.6. The van der Waals surface area contributed by atoms with Crippen molar-refractivity contribution in [2.75, 3.05) is 5.32 Å². The molecule has 2 rings (SSSR count). The first kappa shape index (κ1) is 14.4. The van der Waals surface area contributed by atoms with Crippen LogP contribution in [0.5, 0.6) is 0 Å². The number of amides is 1. The third-order valence-electron chi connectivity index (χ3n) is 2.06. The zero-order chi connectivity index (χ0) is 12.4. The molecule has 0 aliphatic heterocycles. The van der Waals surface area contributed by atoms with Crippen molar-refractivity contribution in [3.05, 3.63) is 40.6 Å². The number of benzene rings is 1. The van der Waals surface area contributed by atoms with Gasteiger partial charge in [-0.25, -0.2) is 0 Å². The summed E-state index contributed by atoms with van der Waals surface area (Å²) in [6.45, 7) is 0. The molecule has 1 amide bonds. The van der Waals surface area contributed by atoms with Crippen molar-refractivity contribution in [3.8, 4) is 0 Å². The van der Waals surface area contributed by atoms with Gasteiger partial charge in [0.15, 0.2) is 5.43 Å². The van der Waals surface area contributed by atoms with Crippen molar-refractivity contribution in [1.82, 2.24) is 0 Å². The molecule has 86 valence electrons. The second-order valence-electron chi connectivity index (χ2n) is 3.21. The van der Waals surface area contributed by atoms with Crippen molar-refractivity contribution in [3.63, 3.8) is 0 Å². The summed E-state index contributed by atoms with van der Waals surface area (Å²) in [6, 6.07) is 7.41. The summed E-state index contributed by atoms with van der Waals surface area (Å²) in [6.07, 6.45) is 0. The Bertz CT molecular complexity index is 664. The Morgan fingerprint density at radius 3 is 2.56 bits per heavy atom. The van der Waals surface area contributed by atoms with Crippen LogP contribution in [0.1, 0.15) is 0 Å². The van der Waals surface area contributed by atoms with Crippen LogP contribution in [0.15, 0.2) is 39.5 Å². The first-order valence-electron chi connectivity index (χ1n) is 4.63. The summed E-state index contributed by atoms with van der Waals surface area (Å²) in [5.41, 5.74) is -0.117. The number of fused-ring (bicyclic) bond motifs is 1. The van der Waals surface area contributed by atoms with Crippen LogP contribution >= 0.6 is 0 Å². The Labute approximate surface area is 123 Å². The molecule has 2 aromatic rings. The molecule has 18 heavy (non-hydrogen) atoms. The molecule has 0 aliphatic carbocycles. The zero-order valence-electron chi connectivity index (χ0n) is 9.43. The number of hydrogen-bond donors (Lipinski definition) is 1. The van der Waals surface area contributed by atoms with E-state index >= 15 is 0 Å². The van der Waals surface area contributed by atoms with Crippen molar-refractivity contribution in [2.24, 2.45) is 0 Å². The summed E-state index contributed by atoms with van der Waals surface area (Å²) in [4.78, 5) is 32.6. The number of hydrogen-bond acceptors (Lipinski definition) is 5. The van der Waals surface area contributed by atoms with Crippen molar-refractivity contribution < 1.29 is 48.7 Å². The van der Waals surface area contributed by atoms with Crippen LogP contribution < -0.4 is 45.4 Å². The van der Waals surface area contributed by atoms with Crippen LogP contribution in [-0.4, -0.2) is 11.9 Å². The van der Waals surface area contributed by atoms with Crippen LogP contribution in [0, 0.1) is 0 Å². The van der Waals surface area contributed by atoms with E-state index in [0.29, 0.717) is 5.39 Å². The molecule has 1 aromatic carbocycles. The van der Waals surface area contributed by atoms with Crippen molar-refractivity contribution in [1.29, 1.82) is 0 Å². The Hall–Kier alpha value is -1.63. The summed E-state index contributed by atoms with van der Waals surface area (Å²) in [5, 5.41) is 12.5. The predicted molar refractivity (Wildman–Crippen MR) is 56.1 cm³/mol. The number of aliphatic carboxylic acids is 1. The zero-order valence-corrected chi connectivity index (χ0v) is 11.4. The topological polar surface area (TPSA) is 99.4 Å². The summed E-state index contributed by atoms with van der Waals surface area (Å²) in [5.74, 6) is -3.51. The number of para-hydroxylation sites is 1. The second kappa shape index (κ2) is 5.81. The van der Waals surface area contributed by atoms with E-state index in [0.717, 1.165) is 6.07 Å². The molecule has 0 aliphatic rings. The first-order chi connectivity index (χ1) is 8.08. The number of rotatable bonds is 1. The van der Waals surface area contributed by atoms with Gasteiger partial charge in [-0.1, -0.05) is 12.1 Å². The van der Waals surface area contributed by atoms with Crippen LogP contribution in [-0.2, 0) is 9.59 Å². The number of anilines is 1. The SMILES string of the molecule is O=C([O-])C(=O)Nc1cc(=O)c2ccccc2o1.[Na+]. The summed E-state index contributed by atoms with van der Waals surface area (Å²) >= 11 is 0. The van der Waals surface area contributed by atoms with Gasteiger partial charge in [0.2, 0.25) is 5.88 Å². The van der Waals surface area contributed by atoms with E-state index in [-0.39, 0.29) is 46.5 Å². The second-order valence-corrected chi connectivity index (χ2v) is 3.21. The fourth-order valence-electron chi connectivity index (χ4n) is 1.33. The van der Waals surface area contributed by atoms with Gasteiger partial charge in [-0.15, -0.1) is 0 Å². The molecule has 1 aromatic heterocycles. The number of carboxylic acid groups (broad SMARTS) is 1. The molecule has 0 fully saturated rings. The molecular formula is C11H6NNaO5. The van der Waals surface area contributed by atoms with E-state index in [1.807, 2.05) is 5.32 Å². The van der Waals surface area contributed by atoms with Gasteiger partial charge < -0.3 is 14.3 Å². The smallest absolute Gasteiger partial charge is 0.540 e. The van der Waals surface area contributed by atoms with E-state index in [2.05, 4.69) is 0 Å². The normalized spacial score (nSPS) is 9.56. The van der Waals surface area contributed by atoms with Gasteiger partial charge in [0.1, 0.15) is 11.6 Å². The van der Waals surface area contributed by atoms with Crippen LogP contribution in [0.3, 0.4) is 0 Å². The molecule has 0 spiro atoms. The Morgan fingerprint density at radius 1 is 1.22 bits per heavy atom. The van der Waals surface area contributed by atoms with Gasteiger partial charge in [-0.2, -0.15) is 0 Å². The Kier molecular flexibility index (Phi) is 4.66. The largest absolute Gasteiger partial charge is 1.00 e. The average Bonchev–Trinajstić information content (AvgIpc) is 2.29. The Morgan fingerprint density at radius 2 is 1.89 bits per heavy atom. The van der Waals surface area contributed by atoms with Crippen LogP contribution in [0.4, 0.5) is 5.88 Å². The van der Waals surface area contributed by atoms with E-state index in [9.17, 15) is 19.5 Å². The molecule has 0 saturated carbocycles. The molecule has 1 N–H and O–H groups in total. The summed E-state index contributed by atoms with van der Waals surface area (Å²) < 4.78 is 5.14.